The van der Waals surface area contributed by atoms with Crippen LogP contribution >= 0.6 is 0 Å². The normalized spacial score (nSPS) is 37.8. The van der Waals surface area contributed by atoms with Crippen LogP contribution in [0.3, 0.4) is 0 Å². The van der Waals surface area contributed by atoms with Crippen LogP contribution in [0.4, 0.5) is 0 Å². The first-order chi connectivity index (χ1) is 26.8. The summed E-state index contributed by atoms with van der Waals surface area (Å²) in [4.78, 5) is 12.8. The van der Waals surface area contributed by atoms with Crippen LogP contribution < -0.4 is 5.32 Å². The number of amides is 1. The van der Waals surface area contributed by atoms with E-state index in [0.717, 1.165) is 57.8 Å². The van der Waals surface area contributed by atoms with Crippen molar-refractivity contribution in [1.29, 1.82) is 0 Å². The van der Waals surface area contributed by atoms with Crippen LogP contribution in [0.2, 0.25) is 0 Å². The van der Waals surface area contributed by atoms with Gasteiger partial charge in [-0.05, 0) is 19.3 Å². The summed E-state index contributed by atoms with van der Waals surface area (Å²) < 4.78 is 33.7. The molecule has 1 amide bonds. The van der Waals surface area contributed by atoms with Gasteiger partial charge >= 0.3 is 0 Å². The van der Waals surface area contributed by atoms with Gasteiger partial charge in [-0.3, -0.25) is 4.79 Å². The number of aliphatic hydroxyl groups excluding tert-OH is 11. The topological polar surface area (TPSA) is 307 Å². The van der Waals surface area contributed by atoms with Crippen molar-refractivity contribution >= 4 is 5.91 Å². The lowest BCUT2D eigenvalue weighted by atomic mass is 9.96. The van der Waals surface area contributed by atoms with Crippen molar-refractivity contribution in [3.63, 3.8) is 0 Å². The molecule has 17 unspecified atom stereocenters. The third-order valence-corrected chi connectivity index (χ3v) is 10.3. The maximum absolute atomic E-state index is 12.8. The standard InChI is InChI=1S/C37H67NO18/c1-3-5-7-9-10-11-12-14-21(42)20(38-25(43)15-13-8-6-4-2)19-51-35-31(49)28(46)33(23(17-40)53-35)56-37-32(50)29(47)34(24(18-41)54-37)55-36-30(48)27(45)26(44)22(16-39)52-36/h12,14,20-24,26-37,39-42,44-50H,3-11,13,15-19H2,1-2H3,(H,38,43)/b14-12+. The van der Waals surface area contributed by atoms with E-state index in [2.05, 4.69) is 19.2 Å². The van der Waals surface area contributed by atoms with Gasteiger partial charge in [0.25, 0.3) is 0 Å². The zero-order chi connectivity index (χ0) is 41.4. The zero-order valence-corrected chi connectivity index (χ0v) is 32.4. The van der Waals surface area contributed by atoms with Gasteiger partial charge < -0.3 is 89.9 Å². The second-order valence-electron chi connectivity index (χ2n) is 14.8. The molecule has 3 rings (SSSR count). The lowest BCUT2D eigenvalue weighted by molar-refractivity contribution is -0.379. The number of hydrogen-bond donors (Lipinski definition) is 12. The van der Waals surface area contributed by atoms with Crippen molar-refractivity contribution in [2.24, 2.45) is 0 Å². The highest BCUT2D eigenvalue weighted by molar-refractivity contribution is 5.76. The Labute approximate surface area is 327 Å². The Hall–Kier alpha value is -1.47. The molecule has 12 N–H and O–H groups in total. The molecule has 0 spiro atoms. The number of allylic oxidation sites excluding steroid dienone is 1. The summed E-state index contributed by atoms with van der Waals surface area (Å²) in [5, 5.41) is 118. The van der Waals surface area contributed by atoms with Crippen molar-refractivity contribution in [2.75, 3.05) is 26.4 Å². The van der Waals surface area contributed by atoms with E-state index in [1.54, 1.807) is 6.08 Å². The number of carbonyl (C=O) groups excluding carboxylic acids is 1. The Morgan fingerprint density at radius 1 is 0.625 bits per heavy atom. The number of aliphatic hydroxyl groups is 11. The van der Waals surface area contributed by atoms with Crippen molar-refractivity contribution < 1.29 is 89.4 Å². The number of ether oxygens (including phenoxy) is 6. The van der Waals surface area contributed by atoms with E-state index in [4.69, 9.17) is 28.4 Å². The maximum Gasteiger partial charge on any atom is 0.220 e. The molecule has 0 radical (unpaired) electrons. The molecule has 0 aromatic carbocycles. The Morgan fingerprint density at radius 2 is 1.11 bits per heavy atom. The van der Waals surface area contributed by atoms with E-state index < -0.39 is 124 Å². The third-order valence-electron chi connectivity index (χ3n) is 10.3. The van der Waals surface area contributed by atoms with Gasteiger partial charge in [-0.25, -0.2) is 0 Å². The number of carbonyl (C=O) groups is 1. The van der Waals surface area contributed by atoms with Gasteiger partial charge in [0, 0.05) is 6.42 Å². The molecule has 3 aliphatic heterocycles. The van der Waals surface area contributed by atoms with Gasteiger partial charge in [-0.2, -0.15) is 0 Å². The molecule has 56 heavy (non-hydrogen) atoms. The summed E-state index contributed by atoms with van der Waals surface area (Å²) in [5.41, 5.74) is 0. The minimum atomic E-state index is -1.97. The lowest BCUT2D eigenvalue weighted by Gasteiger charge is -2.48. The summed E-state index contributed by atoms with van der Waals surface area (Å²) >= 11 is 0. The molecule has 19 heteroatoms. The second-order valence-corrected chi connectivity index (χ2v) is 14.8. The quantitative estimate of drug-likeness (QED) is 0.0346. The summed E-state index contributed by atoms with van der Waals surface area (Å²) in [7, 11) is 0. The van der Waals surface area contributed by atoms with E-state index >= 15 is 0 Å². The molecule has 0 aromatic heterocycles. The summed E-state index contributed by atoms with van der Waals surface area (Å²) in [6.45, 7) is 1.42. The minimum absolute atomic E-state index is 0.235. The van der Waals surface area contributed by atoms with E-state index in [1.165, 1.54) is 0 Å². The third kappa shape index (κ3) is 13.8. The molecule has 0 aliphatic carbocycles. The zero-order valence-electron chi connectivity index (χ0n) is 32.4. The molecule has 3 aliphatic rings. The Bertz CT molecular complexity index is 1120. The van der Waals surface area contributed by atoms with Crippen molar-refractivity contribution in [2.45, 2.75) is 189 Å². The molecule has 19 nitrogen and oxygen atoms in total. The van der Waals surface area contributed by atoms with Gasteiger partial charge in [0.1, 0.15) is 73.2 Å². The van der Waals surface area contributed by atoms with Crippen molar-refractivity contribution in [3.8, 4) is 0 Å². The Kier molecular flexibility index (Phi) is 22.0. The summed E-state index contributed by atoms with van der Waals surface area (Å²) in [6.07, 6.45) is -13.4. The predicted octanol–water partition coefficient (Wildman–Crippen LogP) is -2.82. The monoisotopic (exact) mass is 813 g/mol. The van der Waals surface area contributed by atoms with Gasteiger partial charge in [0.05, 0.1) is 38.6 Å². The number of rotatable bonds is 24. The van der Waals surface area contributed by atoms with Crippen LogP contribution in [-0.4, -0.2) is 193 Å². The molecule has 328 valence electrons. The average molecular weight is 814 g/mol. The highest BCUT2D eigenvalue weighted by atomic mass is 16.8. The summed E-state index contributed by atoms with van der Waals surface area (Å²) in [5.74, 6) is -0.302. The van der Waals surface area contributed by atoms with E-state index in [9.17, 15) is 61.0 Å². The predicted molar refractivity (Wildman–Crippen MR) is 194 cm³/mol. The van der Waals surface area contributed by atoms with Crippen LogP contribution in [0, 0.1) is 0 Å². The Balaban J connectivity index is 1.64. The number of nitrogens with one attached hydrogen (secondary N) is 1. The van der Waals surface area contributed by atoms with Crippen LogP contribution in [0.15, 0.2) is 12.2 Å². The van der Waals surface area contributed by atoms with Crippen LogP contribution in [0.25, 0.3) is 0 Å². The molecule has 17 atom stereocenters. The number of hydrogen-bond acceptors (Lipinski definition) is 18. The van der Waals surface area contributed by atoms with Crippen LogP contribution in [0.5, 0.6) is 0 Å². The van der Waals surface area contributed by atoms with E-state index in [-0.39, 0.29) is 18.9 Å². The first kappa shape index (κ1) is 48.9. The molecule has 3 fully saturated rings. The lowest BCUT2D eigenvalue weighted by Crippen LogP contribution is -2.66. The highest BCUT2D eigenvalue weighted by Gasteiger charge is 2.53. The van der Waals surface area contributed by atoms with Gasteiger partial charge in [0.15, 0.2) is 18.9 Å². The average Bonchev–Trinajstić information content (AvgIpc) is 3.19. The van der Waals surface area contributed by atoms with Crippen molar-refractivity contribution in [3.05, 3.63) is 12.2 Å². The van der Waals surface area contributed by atoms with Gasteiger partial charge in [0.2, 0.25) is 5.91 Å². The highest BCUT2D eigenvalue weighted by Crippen LogP contribution is 2.32. The molecule has 3 saturated heterocycles. The Morgan fingerprint density at radius 3 is 1.66 bits per heavy atom. The largest absolute Gasteiger partial charge is 0.394 e. The first-order valence-electron chi connectivity index (χ1n) is 19.9. The molecule has 0 bridgehead atoms. The van der Waals surface area contributed by atoms with E-state index in [0.29, 0.717) is 6.42 Å². The second kappa shape index (κ2) is 25.2. The fourth-order valence-corrected chi connectivity index (χ4v) is 6.83. The van der Waals surface area contributed by atoms with Crippen LogP contribution in [-0.2, 0) is 33.2 Å². The van der Waals surface area contributed by atoms with Crippen LogP contribution in [0.1, 0.15) is 84.5 Å². The smallest absolute Gasteiger partial charge is 0.220 e. The SMILES string of the molecule is CCCCCCC/C=C/C(O)C(COC1OC(CO)C(OC2OC(CO)C(OC3OC(CO)C(O)C(O)C3O)C(O)C2O)C(O)C1O)NC(=O)CCCCCC. The molecule has 0 aromatic rings. The van der Waals surface area contributed by atoms with Gasteiger partial charge in [-0.1, -0.05) is 70.9 Å². The molecular weight excluding hydrogens is 746 g/mol. The first-order valence-corrected chi connectivity index (χ1v) is 19.9. The minimum Gasteiger partial charge on any atom is -0.394 e. The van der Waals surface area contributed by atoms with E-state index in [1.807, 2.05) is 6.08 Å². The summed E-state index contributed by atoms with van der Waals surface area (Å²) in [6, 6.07) is -0.958. The molecular formula is C37H67NO18. The van der Waals surface area contributed by atoms with Crippen molar-refractivity contribution in [1.82, 2.24) is 5.32 Å². The number of unbranched alkanes of at least 4 members (excludes halogenated alkanes) is 8. The molecule has 0 saturated carbocycles. The fourth-order valence-electron chi connectivity index (χ4n) is 6.83. The molecule has 3 heterocycles. The maximum atomic E-state index is 12.8. The van der Waals surface area contributed by atoms with Gasteiger partial charge in [-0.15, -0.1) is 0 Å². The fraction of sp³-hybridized carbons (Fsp3) is 0.919.